The first-order chi connectivity index (χ1) is 8.52. The van der Waals surface area contributed by atoms with Gasteiger partial charge in [-0.1, -0.05) is 13.3 Å². The van der Waals surface area contributed by atoms with Gasteiger partial charge in [-0.2, -0.15) is 0 Å². The Balaban J connectivity index is 2.41. The fourth-order valence-electron chi connectivity index (χ4n) is 2.37. The molecular weight excluding hydrogens is 236 g/mol. The van der Waals surface area contributed by atoms with E-state index >= 15 is 0 Å². The first-order valence-corrected chi connectivity index (χ1v) is 6.46. The van der Waals surface area contributed by atoms with Gasteiger partial charge in [0.25, 0.3) is 0 Å². The van der Waals surface area contributed by atoms with Crippen LogP contribution in [0.1, 0.15) is 39.0 Å². The highest BCUT2D eigenvalue weighted by molar-refractivity contribution is 5.86. The van der Waals surface area contributed by atoms with Crippen molar-refractivity contribution in [3.8, 4) is 0 Å². The first-order valence-electron chi connectivity index (χ1n) is 6.46. The molecule has 0 radical (unpaired) electrons. The van der Waals surface area contributed by atoms with Crippen molar-refractivity contribution in [1.82, 2.24) is 10.6 Å². The number of carboxylic acid groups (broad SMARTS) is 1. The number of amides is 1. The topological polar surface area (TPSA) is 98.7 Å². The molecule has 0 saturated carbocycles. The van der Waals surface area contributed by atoms with E-state index in [9.17, 15) is 9.59 Å². The lowest BCUT2D eigenvalue weighted by Crippen LogP contribution is -2.53. The smallest absolute Gasteiger partial charge is 0.332 e. The van der Waals surface area contributed by atoms with Crippen LogP contribution in [-0.4, -0.2) is 46.8 Å². The zero-order chi connectivity index (χ0) is 13.6. The van der Waals surface area contributed by atoms with Crippen LogP contribution in [0.4, 0.5) is 0 Å². The SMILES string of the molecule is CCCC1(C(=O)NCC[C@H](O)C(=O)O)CCCN1. The highest BCUT2D eigenvalue weighted by atomic mass is 16.4. The Morgan fingerprint density at radius 3 is 2.72 bits per heavy atom. The van der Waals surface area contributed by atoms with Crippen LogP contribution >= 0.6 is 0 Å². The Hall–Kier alpha value is -1.14. The van der Waals surface area contributed by atoms with Gasteiger partial charge in [-0.25, -0.2) is 4.79 Å². The van der Waals surface area contributed by atoms with Gasteiger partial charge in [0, 0.05) is 13.0 Å². The fraction of sp³-hybridized carbons (Fsp3) is 0.833. The van der Waals surface area contributed by atoms with E-state index in [1.807, 2.05) is 6.92 Å². The van der Waals surface area contributed by atoms with Crippen molar-refractivity contribution in [1.29, 1.82) is 0 Å². The van der Waals surface area contributed by atoms with Crippen LogP contribution in [0.15, 0.2) is 0 Å². The van der Waals surface area contributed by atoms with Crippen LogP contribution in [0, 0.1) is 0 Å². The van der Waals surface area contributed by atoms with Gasteiger partial charge >= 0.3 is 5.97 Å². The molecule has 0 aromatic carbocycles. The molecule has 0 spiro atoms. The molecule has 1 heterocycles. The Morgan fingerprint density at radius 1 is 1.50 bits per heavy atom. The molecule has 4 N–H and O–H groups in total. The predicted molar refractivity (Wildman–Crippen MR) is 66.1 cm³/mol. The molecule has 1 saturated heterocycles. The van der Waals surface area contributed by atoms with E-state index in [0.717, 1.165) is 32.2 Å². The zero-order valence-electron chi connectivity index (χ0n) is 10.7. The summed E-state index contributed by atoms with van der Waals surface area (Å²) in [6.45, 7) is 3.05. The minimum atomic E-state index is -1.41. The number of nitrogens with one attached hydrogen (secondary N) is 2. The highest BCUT2D eigenvalue weighted by Gasteiger charge is 2.39. The number of hydrogen-bond acceptors (Lipinski definition) is 4. The fourth-order valence-corrected chi connectivity index (χ4v) is 2.37. The van der Waals surface area contributed by atoms with Gasteiger partial charge in [0.15, 0.2) is 6.10 Å². The van der Waals surface area contributed by atoms with Crippen molar-refractivity contribution < 1.29 is 19.8 Å². The monoisotopic (exact) mass is 258 g/mol. The molecule has 0 aromatic heterocycles. The van der Waals surface area contributed by atoms with Crippen LogP contribution in [0.2, 0.25) is 0 Å². The molecular formula is C12H22N2O4. The molecule has 1 amide bonds. The number of rotatable bonds is 7. The van der Waals surface area contributed by atoms with Gasteiger partial charge in [-0.15, -0.1) is 0 Å². The van der Waals surface area contributed by atoms with Crippen molar-refractivity contribution >= 4 is 11.9 Å². The molecule has 18 heavy (non-hydrogen) atoms. The molecule has 1 aliphatic heterocycles. The van der Waals surface area contributed by atoms with E-state index in [1.54, 1.807) is 0 Å². The van der Waals surface area contributed by atoms with Gasteiger partial charge in [0.05, 0.1) is 5.54 Å². The maximum atomic E-state index is 12.1. The van der Waals surface area contributed by atoms with E-state index < -0.39 is 17.6 Å². The molecule has 0 aliphatic carbocycles. The summed E-state index contributed by atoms with van der Waals surface area (Å²) < 4.78 is 0. The van der Waals surface area contributed by atoms with Crippen molar-refractivity contribution in [2.75, 3.05) is 13.1 Å². The summed E-state index contributed by atoms with van der Waals surface area (Å²) in [6.07, 6.45) is 2.10. The van der Waals surface area contributed by atoms with Crippen molar-refractivity contribution in [2.45, 2.75) is 50.7 Å². The molecule has 6 heteroatoms. The lowest BCUT2D eigenvalue weighted by atomic mass is 9.91. The van der Waals surface area contributed by atoms with Crippen molar-refractivity contribution in [2.24, 2.45) is 0 Å². The number of hydrogen-bond donors (Lipinski definition) is 4. The van der Waals surface area contributed by atoms with Gasteiger partial charge in [0.1, 0.15) is 0 Å². The molecule has 0 aromatic rings. The summed E-state index contributed by atoms with van der Waals surface area (Å²) in [4.78, 5) is 22.5. The van der Waals surface area contributed by atoms with Gasteiger partial charge in [-0.3, -0.25) is 4.79 Å². The predicted octanol–water partition coefficient (Wildman–Crippen LogP) is -0.139. The second-order valence-electron chi connectivity index (χ2n) is 4.76. The minimum Gasteiger partial charge on any atom is -0.479 e. The lowest BCUT2D eigenvalue weighted by molar-refractivity contribution is -0.147. The molecule has 1 unspecified atom stereocenters. The normalized spacial score (nSPS) is 24.8. The summed E-state index contributed by atoms with van der Waals surface area (Å²) in [6, 6.07) is 0. The van der Waals surface area contributed by atoms with Gasteiger partial charge < -0.3 is 20.8 Å². The van der Waals surface area contributed by atoms with Crippen LogP contribution in [0.25, 0.3) is 0 Å². The summed E-state index contributed by atoms with van der Waals surface area (Å²) in [5.41, 5.74) is -0.497. The third kappa shape index (κ3) is 3.68. The Morgan fingerprint density at radius 2 is 2.22 bits per heavy atom. The van der Waals surface area contributed by atoms with Crippen LogP contribution in [0.5, 0.6) is 0 Å². The average molecular weight is 258 g/mol. The molecule has 0 bridgehead atoms. The molecule has 104 valence electrons. The Kier molecular flexibility index (Phi) is 5.55. The highest BCUT2D eigenvalue weighted by Crippen LogP contribution is 2.24. The van der Waals surface area contributed by atoms with Crippen LogP contribution in [0.3, 0.4) is 0 Å². The van der Waals surface area contributed by atoms with Crippen LogP contribution < -0.4 is 10.6 Å². The van der Waals surface area contributed by atoms with Crippen molar-refractivity contribution in [3.63, 3.8) is 0 Å². The summed E-state index contributed by atoms with van der Waals surface area (Å²) in [5.74, 6) is -1.34. The molecule has 1 fully saturated rings. The second-order valence-corrected chi connectivity index (χ2v) is 4.76. The number of aliphatic carboxylic acids is 1. The maximum absolute atomic E-state index is 12.1. The molecule has 2 atom stereocenters. The summed E-state index contributed by atoms with van der Waals surface area (Å²) in [5, 5.41) is 23.6. The minimum absolute atomic E-state index is 0.0310. The maximum Gasteiger partial charge on any atom is 0.332 e. The summed E-state index contributed by atoms with van der Waals surface area (Å²) >= 11 is 0. The number of aliphatic hydroxyl groups is 1. The summed E-state index contributed by atoms with van der Waals surface area (Å²) in [7, 11) is 0. The quantitative estimate of drug-likeness (QED) is 0.509. The van der Waals surface area contributed by atoms with E-state index in [1.165, 1.54) is 0 Å². The van der Waals surface area contributed by atoms with Crippen LogP contribution in [-0.2, 0) is 9.59 Å². The number of carboxylic acids is 1. The van der Waals surface area contributed by atoms with Gasteiger partial charge in [-0.05, 0) is 25.8 Å². The van der Waals surface area contributed by atoms with E-state index in [0.29, 0.717) is 0 Å². The third-order valence-electron chi connectivity index (χ3n) is 3.34. The second kappa shape index (κ2) is 6.70. The lowest BCUT2D eigenvalue weighted by Gasteiger charge is -2.27. The number of aliphatic hydroxyl groups excluding tert-OH is 1. The first kappa shape index (κ1) is 14.9. The molecule has 1 aliphatic rings. The zero-order valence-corrected chi connectivity index (χ0v) is 10.7. The Bertz CT molecular complexity index is 300. The molecule has 6 nitrogen and oxygen atoms in total. The van der Waals surface area contributed by atoms with E-state index in [4.69, 9.17) is 10.2 Å². The van der Waals surface area contributed by atoms with E-state index in [-0.39, 0.29) is 18.9 Å². The standard InChI is InChI=1S/C12H22N2O4/c1-2-5-12(6-3-7-14-12)11(18)13-8-4-9(15)10(16)17/h9,14-15H,2-8H2,1H3,(H,13,18)(H,16,17)/t9-,12?/m0/s1. The van der Waals surface area contributed by atoms with Crippen molar-refractivity contribution in [3.05, 3.63) is 0 Å². The number of carbonyl (C=O) groups is 2. The van der Waals surface area contributed by atoms with Gasteiger partial charge in [0.2, 0.25) is 5.91 Å². The largest absolute Gasteiger partial charge is 0.479 e. The Labute approximate surface area is 107 Å². The average Bonchev–Trinajstić information content (AvgIpc) is 2.79. The number of carbonyl (C=O) groups excluding carboxylic acids is 1. The van der Waals surface area contributed by atoms with E-state index in [2.05, 4.69) is 10.6 Å². The third-order valence-corrected chi connectivity index (χ3v) is 3.34. The molecule has 1 rings (SSSR count).